The summed E-state index contributed by atoms with van der Waals surface area (Å²) in [6.45, 7) is 4.31. The minimum absolute atomic E-state index is 0.00673. The first-order valence-electron chi connectivity index (χ1n) is 11.1. The van der Waals surface area contributed by atoms with E-state index in [2.05, 4.69) is 10.6 Å². The number of nitrogens with one attached hydrogen (secondary N) is 2. The Morgan fingerprint density at radius 1 is 1.24 bits per heavy atom. The van der Waals surface area contributed by atoms with Crippen LogP contribution >= 0.6 is 0 Å². The molecule has 1 aliphatic heterocycles. The van der Waals surface area contributed by atoms with Crippen LogP contribution in [-0.4, -0.2) is 43.7 Å². The summed E-state index contributed by atoms with van der Waals surface area (Å²) in [6, 6.07) is 7.35. The fourth-order valence-corrected chi connectivity index (χ4v) is 5.32. The van der Waals surface area contributed by atoms with Gasteiger partial charge in [0.15, 0.2) is 0 Å². The van der Waals surface area contributed by atoms with Crippen molar-refractivity contribution in [1.29, 1.82) is 0 Å². The van der Waals surface area contributed by atoms with Crippen LogP contribution in [0.25, 0.3) is 0 Å². The number of amides is 2. The van der Waals surface area contributed by atoms with Crippen LogP contribution < -0.4 is 10.6 Å². The molecule has 10 heteroatoms. The number of benzene rings is 1. The largest absolute Gasteiger partial charge is 0.467 e. The molecule has 180 valence electrons. The van der Waals surface area contributed by atoms with Crippen molar-refractivity contribution >= 4 is 21.8 Å². The highest BCUT2D eigenvalue weighted by atomic mass is 32.2. The number of furan rings is 1. The van der Waals surface area contributed by atoms with Crippen molar-refractivity contribution in [2.24, 2.45) is 11.8 Å². The van der Waals surface area contributed by atoms with E-state index in [9.17, 15) is 22.4 Å². The van der Waals surface area contributed by atoms with E-state index in [4.69, 9.17) is 4.42 Å². The van der Waals surface area contributed by atoms with E-state index in [0.717, 1.165) is 12.1 Å². The maximum atomic E-state index is 13.2. The van der Waals surface area contributed by atoms with Gasteiger partial charge in [-0.2, -0.15) is 4.31 Å². The zero-order valence-corrected chi connectivity index (χ0v) is 19.6. The Morgan fingerprint density at radius 2 is 1.97 bits per heavy atom. The fraction of sp³-hybridized carbons (Fsp3) is 0.478. The Kier molecular flexibility index (Phi) is 8.25. The molecular weight excluding hydrogens is 449 g/mol. The maximum absolute atomic E-state index is 13.2. The summed E-state index contributed by atoms with van der Waals surface area (Å²) in [5, 5.41) is 5.62. The molecule has 3 rings (SSSR count). The van der Waals surface area contributed by atoms with Gasteiger partial charge in [0.05, 0.1) is 23.6 Å². The quantitative estimate of drug-likeness (QED) is 0.575. The van der Waals surface area contributed by atoms with Gasteiger partial charge in [0.2, 0.25) is 21.8 Å². The zero-order chi connectivity index (χ0) is 24.0. The molecule has 0 aliphatic carbocycles. The van der Waals surface area contributed by atoms with E-state index < -0.39 is 27.8 Å². The van der Waals surface area contributed by atoms with Crippen LogP contribution in [0.15, 0.2) is 52.0 Å². The molecule has 0 unspecified atom stereocenters. The molecule has 0 radical (unpaired) electrons. The second-order valence-electron chi connectivity index (χ2n) is 8.33. The lowest BCUT2D eigenvalue weighted by Gasteiger charge is -2.32. The van der Waals surface area contributed by atoms with E-state index in [1.807, 2.05) is 13.8 Å². The molecule has 0 bridgehead atoms. The highest BCUT2D eigenvalue weighted by molar-refractivity contribution is 7.89. The van der Waals surface area contributed by atoms with Crippen LogP contribution in [-0.2, 0) is 26.2 Å². The van der Waals surface area contributed by atoms with Gasteiger partial charge in [-0.25, -0.2) is 12.8 Å². The number of hydrogen-bond donors (Lipinski definition) is 2. The number of sulfonamides is 1. The minimum atomic E-state index is -3.85. The SMILES string of the molecule is CC[C@H](C)[C@H](NC(=O)[C@H]1CCCN(S(=O)(=O)c2ccc(F)cc2)C1)C(=O)NCc1ccco1. The van der Waals surface area contributed by atoms with Gasteiger partial charge in [-0.05, 0) is 55.2 Å². The highest BCUT2D eigenvalue weighted by Crippen LogP contribution is 2.24. The van der Waals surface area contributed by atoms with Gasteiger partial charge in [0.25, 0.3) is 0 Å². The number of carbonyl (C=O) groups excluding carboxylic acids is 2. The summed E-state index contributed by atoms with van der Waals surface area (Å²) < 4.78 is 45.6. The molecule has 2 amide bonds. The normalized spacial score (nSPS) is 18.9. The van der Waals surface area contributed by atoms with Crippen LogP contribution in [0.2, 0.25) is 0 Å². The molecule has 2 heterocycles. The highest BCUT2D eigenvalue weighted by Gasteiger charge is 2.35. The maximum Gasteiger partial charge on any atom is 0.243 e. The molecular formula is C23H30FN3O5S. The molecule has 1 aliphatic rings. The summed E-state index contributed by atoms with van der Waals surface area (Å²) in [5.41, 5.74) is 0. The lowest BCUT2D eigenvalue weighted by Crippen LogP contribution is -2.53. The molecule has 2 N–H and O–H groups in total. The molecule has 33 heavy (non-hydrogen) atoms. The standard InChI is InChI=1S/C23H30FN3O5S/c1-3-16(2)21(23(29)25-14-19-7-5-13-32-19)26-22(28)17-6-4-12-27(15-17)33(30,31)20-10-8-18(24)9-11-20/h5,7-11,13,16-17,21H,3-4,6,12,14-15H2,1-2H3,(H,25,29)(H,26,28)/t16-,17-,21-/m0/s1. The van der Waals surface area contributed by atoms with Gasteiger partial charge in [-0.1, -0.05) is 20.3 Å². The van der Waals surface area contributed by atoms with E-state index in [1.165, 1.54) is 22.7 Å². The Labute approximate surface area is 193 Å². The van der Waals surface area contributed by atoms with Crippen molar-refractivity contribution in [1.82, 2.24) is 14.9 Å². The Balaban J connectivity index is 1.66. The molecule has 1 aromatic carbocycles. The van der Waals surface area contributed by atoms with Gasteiger partial charge in [-0.3, -0.25) is 9.59 Å². The first-order chi connectivity index (χ1) is 15.7. The van der Waals surface area contributed by atoms with Crippen molar-refractivity contribution in [3.63, 3.8) is 0 Å². The van der Waals surface area contributed by atoms with Crippen LogP contribution in [0.4, 0.5) is 4.39 Å². The van der Waals surface area contributed by atoms with E-state index in [-0.39, 0.29) is 42.3 Å². The van der Waals surface area contributed by atoms with Crippen LogP contribution in [0, 0.1) is 17.7 Å². The van der Waals surface area contributed by atoms with Crippen LogP contribution in [0.5, 0.6) is 0 Å². The minimum Gasteiger partial charge on any atom is -0.467 e. The van der Waals surface area contributed by atoms with Crippen molar-refractivity contribution in [3.05, 3.63) is 54.2 Å². The van der Waals surface area contributed by atoms with Crippen molar-refractivity contribution in [3.8, 4) is 0 Å². The number of nitrogens with zero attached hydrogens (tertiary/aromatic N) is 1. The van der Waals surface area contributed by atoms with Gasteiger partial charge in [-0.15, -0.1) is 0 Å². The second kappa shape index (κ2) is 10.9. The number of hydrogen-bond acceptors (Lipinski definition) is 5. The number of carbonyl (C=O) groups is 2. The van der Waals surface area contributed by atoms with Crippen molar-refractivity contribution < 1.29 is 26.8 Å². The summed E-state index contributed by atoms with van der Waals surface area (Å²) in [5.74, 6) is -1.29. The summed E-state index contributed by atoms with van der Waals surface area (Å²) in [4.78, 5) is 25.8. The number of halogens is 1. The average molecular weight is 480 g/mol. The van der Waals surface area contributed by atoms with Gasteiger partial charge in [0.1, 0.15) is 17.6 Å². The second-order valence-corrected chi connectivity index (χ2v) is 10.3. The van der Waals surface area contributed by atoms with Gasteiger partial charge < -0.3 is 15.1 Å². The molecule has 1 fully saturated rings. The number of rotatable bonds is 9. The third-order valence-corrected chi connectivity index (χ3v) is 7.90. The Bertz CT molecular complexity index is 1040. The van der Waals surface area contributed by atoms with Crippen molar-refractivity contribution in [2.45, 2.75) is 50.6 Å². The zero-order valence-electron chi connectivity index (χ0n) is 18.8. The molecule has 1 saturated heterocycles. The Hall–Kier alpha value is -2.72. The predicted octanol–water partition coefficient (Wildman–Crippen LogP) is 2.67. The predicted molar refractivity (Wildman–Crippen MR) is 120 cm³/mol. The topological polar surface area (TPSA) is 109 Å². The smallest absolute Gasteiger partial charge is 0.243 e. The summed E-state index contributed by atoms with van der Waals surface area (Å²) >= 11 is 0. The molecule has 2 aromatic rings. The van der Waals surface area contributed by atoms with E-state index in [1.54, 1.807) is 12.1 Å². The van der Waals surface area contributed by atoms with Crippen molar-refractivity contribution in [2.75, 3.05) is 13.1 Å². The van der Waals surface area contributed by atoms with E-state index >= 15 is 0 Å². The lowest BCUT2D eigenvalue weighted by molar-refractivity contribution is -0.133. The first kappa shape index (κ1) is 24.9. The Morgan fingerprint density at radius 3 is 2.61 bits per heavy atom. The van der Waals surface area contributed by atoms with Crippen LogP contribution in [0.3, 0.4) is 0 Å². The average Bonchev–Trinajstić information content (AvgIpc) is 3.34. The molecule has 0 spiro atoms. The van der Waals surface area contributed by atoms with Crippen LogP contribution in [0.1, 0.15) is 38.9 Å². The van der Waals surface area contributed by atoms with E-state index in [0.29, 0.717) is 25.0 Å². The lowest BCUT2D eigenvalue weighted by atomic mass is 9.95. The third-order valence-electron chi connectivity index (χ3n) is 6.02. The van der Waals surface area contributed by atoms with Gasteiger partial charge in [0, 0.05) is 13.1 Å². The molecule has 0 saturated carbocycles. The molecule has 3 atom stereocenters. The van der Waals surface area contributed by atoms with Gasteiger partial charge >= 0.3 is 0 Å². The first-order valence-corrected chi connectivity index (χ1v) is 12.5. The third kappa shape index (κ3) is 6.20. The summed E-state index contributed by atoms with van der Waals surface area (Å²) in [7, 11) is -3.85. The number of piperidine rings is 1. The molecule has 8 nitrogen and oxygen atoms in total. The fourth-order valence-electron chi connectivity index (χ4n) is 3.80. The summed E-state index contributed by atoms with van der Waals surface area (Å²) in [6.07, 6.45) is 3.22. The monoisotopic (exact) mass is 479 g/mol. The molecule has 1 aromatic heterocycles.